The van der Waals surface area contributed by atoms with Crippen LogP contribution in [0.4, 0.5) is 4.79 Å². The number of amides is 1. The van der Waals surface area contributed by atoms with Gasteiger partial charge in [-0.15, -0.1) is 0 Å². The van der Waals surface area contributed by atoms with E-state index in [9.17, 15) is 9.59 Å². The van der Waals surface area contributed by atoms with Crippen molar-refractivity contribution in [2.24, 2.45) is 13.0 Å². The van der Waals surface area contributed by atoms with Gasteiger partial charge in [0.1, 0.15) is 22.6 Å². The Kier molecular flexibility index (Phi) is 12.2. The molecule has 3 aromatic carbocycles. The number of carbonyl (C=O) groups excluding carboxylic acids is 2. The van der Waals surface area contributed by atoms with Crippen LogP contribution >= 0.6 is 11.6 Å². The maximum atomic E-state index is 14.9. The number of aromatic nitrogens is 3. The standard InChI is InChI=1S/C48H62ClN5O5/c1-30(2)22-23-48(8,9)58-45(55)44-35(18-14-28-57-40-19-13-16-33-15-11-12-17-34(33)40)36-20-21-37(49)42(41-31(3)50-51(10)32(41)4)43(36)54(44)27-25-52-24-26-53(39-29-38(39)52)46(56)59-47(5,6)7/h11-13,15-17,19-21,30,38-39H,14,18,22-29H2,1-10H3. The molecule has 316 valence electrons. The highest BCUT2D eigenvalue weighted by molar-refractivity contribution is 6.35. The molecule has 10 nitrogen and oxygen atoms in total. The fraction of sp³-hybridized carbons (Fsp3) is 0.521. The summed E-state index contributed by atoms with van der Waals surface area (Å²) in [6, 6.07) is 18.8. The molecule has 2 fully saturated rings. The monoisotopic (exact) mass is 823 g/mol. The number of nitrogens with zero attached hydrogens (tertiary/aromatic N) is 5. The van der Waals surface area contributed by atoms with E-state index in [0.717, 1.165) is 74.8 Å². The van der Waals surface area contributed by atoms with E-state index in [1.165, 1.54) is 0 Å². The summed E-state index contributed by atoms with van der Waals surface area (Å²) in [5.41, 5.74) is 4.89. The quantitative estimate of drug-likeness (QED) is 0.0813. The van der Waals surface area contributed by atoms with Gasteiger partial charge in [-0.1, -0.05) is 67.9 Å². The average molecular weight is 825 g/mol. The molecule has 0 N–H and O–H groups in total. The lowest BCUT2D eigenvalue weighted by Crippen LogP contribution is -2.50. The number of fused-ring (bicyclic) bond motifs is 3. The number of benzene rings is 3. The Morgan fingerprint density at radius 1 is 0.898 bits per heavy atom. The zero-order valence-electron chi connectivity index (χ0n) is 36.7. The number of aryl methyl sites for hydroxylation is 3. The first-order valence-corrected chi connectivity index (χ1v) is 21.7. The molecule has 1 aliphatic carbocycles. The number of esters is 1. The van der Waals surface area contributed by atoms with Gasteiger partial charge in [-0.25, -0.2) is 9.59 Å². The Balaban J connectivity index is 1.28. The summed E-state index contributed by atoms with van der Waals surface area (Å²) >= 11 is 7.25. The summed E-state index contributed by atoms with van der Waals surface area (Å²) in [5, 5.41) is 8.58. The minimum atomic E-state index is -0.673. The van der Waals surface area contributed by atoms with Gasteiger partial charge in [0, 0.05) is 66.9 Å². The smallest absolute Gasteiger partial charge is 0.410 e. The molecule has 1 saturated carbocycles. The molecule has 7 rings (SSSR count). The number of halogens is 1. The molecular weight excluding hydrogens is 762 g/mol. The van der Waals surface area contributed by atoms with Gasteiger partial charge in [0.15, 0.2) is 0 Å². The Morgan fingerprint density at radius 2 is 1.64 bits per heavy atom. The van der Waals surface area contributed by atoms with Gasteiger partial charge in [-0.05, 0) is 110 Å². The first kappa shape index (κ1) is 42.6. The first-order chi connectivity index (χ1) is 27.9. The molecule has 2 aliphatic rings. The van der Waals surface area contributed by atoms with Crippen LogP contribution in [-0.2, 0) is 29.5 Å². The molecule has 1 aliphatic heterocycles. The first-order valence-electron chi connectivity index (χ1n) is 21.4. The zero-order valence-corrected chi connectivity index (χ0v) is 37.4. The molecule has 1 saturated heterocycles. The SMILES string of the molecule is Cc1nn(C)c(C)c1-c1c(Cl)ccc2c(CCCOc3cccc4ccccc34)c(C(=O)OC(C)(C)CCC(C)C)n(CCN3CCN(C(=O)OC(C)(C)C)C4CC43)c12. The Hall–Kier alpha value is -4.54. The minimum Gasteiger partial charge on any atom is -0.493 e. The van der Waals surface area contributed by atoms with Crippen LogP contribution in [-0.4, -0.2) is 85.7 Å². The summed E-state index contributed by atoms with van der Waals surface area (Å²) < 4.78 is 22.8. The maximum absolute atomic E-state index is 14.9. The number of hydrogen-bond acceptors (Lipinski definition) is 7. The van der Waals surface area contributed by atoms with Crippen molar-refractivity contribution in [3.8, 4) is 16.9 Å². The van der Waals surface area contributed by atoms with E-state index in [0.29, 0.717) is 62.3 Å². The molecule has 0 spiro atoms. The third-order valence-electron chi connectivity index (χ3n) is 12.0. The van der Waals surface area contributed by atoms with Crippen LogP contribution in [0.2, 0.25) is 5.02 Å². The fourth-order valence-electron chi connectivity index (χ4n) is 8.83. The van der Waals surface area contributed by atoms with Crippen molar-refractivity contribution < 1.29 is 23.8 Å². The molecule has 2 unspecified atom stereocenters. The molecule has 5 aromatic rings. The minimum absolute atomic E-state index is 0.120. The summed E-state index contributed by atoms with van der Waals surface area (Å²) in [7, 11) is 1.95. The molecule has 11 heteroatoms. The van der Waals surface area contributed by atoms with Gasteiger partial charge < -0.3 is 23.7 Å². The van der Waals surface area contributed by atoms with Crippen molar-refractivity contribution in [1.29, 1.82) is 0 Å². The summed E-state index contributed by atoms with van der Waals surface area (Å²) in [4.78, 5) is 32.4. The van der Waals surface area contributed by atoms with Gasteiger partial charge in [0.25, 0.3) is 0 Å². The van der Waals surface area contributed by atoms with Crippen LogP contribution in [0.25, 0.3) is 32.8 Å². The van der Waals surface area contributed by atoms with Gasteiger partial charge >= 0.3 is 12.1 Å². The molecule has 59 heavy (non-hydrogen) atoms. The van der Waals surface area contributed by atoms with Crippen LogP contribution in [0.1, 0.15) is 102 Å². The maximum Gasteiger partial charge on any atom is 0.410 e. The van der Waals surface area contributed by atoms with Crippen LogP contribution in [0.3, 0.4) is 0 Å². The topological polar surface area (TPSA) is 91.1 Å². The fourth-order valence-corrected chi connectivity index (χ4v) is 9.08. The van der Waals surface area contributed by atoms with Crippen LogP contribution in [0.15, 0.2) is 54.6 Å². The third kappa shape index (κ3) is 9.14. The molecular formula is C48H62ClN5O5. The predicted molar refractivity (Wildman–Crippen MR) is 237 cm³/mol. The van der Waals surface area contributed by atoms with Gasteiger partial charge in [-0.2, -0.15) is 5.10 Å². The highest BCUT2D eigenvalue weighted by Gasteiger charge is 2.51. The number of carbonyl (C=O) groups is 2. The van der Waals surface area contributed by atoms with E-state index in [1.54, 1.807) is 0 Å². The van der Waals surface area contributed by atoms with Gasteiger partial charge in [0.2, 0.25) is 0 Å². The Morgan fingerprint density at radius 3 is 2.36 bits per heavy atom. The lowest BCUT2D eigenvalue weighted by molar-refractivity contribution is -0.00797. The second kappa shape index (κ2) is 16.8. The van der Waals surface area contributed by atoms with Crippen molar-refractivity contribution in [2.75, 3.05) is 26.2 Å². The summed E-state index contributed by atoms with van der Waals surface area (Å²) in [5.74, 6) is 0.994. The van der Waals surface area contributed by atoms with Gasteiger partial charge in [-0.3, -0.25) is 9.58 Å². The van der Waals surface area contributed by atoms with Crippen molar-refractivity contribution in [2.45, 2.75) is 124 Å². The van der Waals surface area contributed by atoms with Crippen LogP contribution in [0, 0.1) is 19.8 Å². The van der Waals surface area contributed by atoms with Crippen molar-refractivity contribution >= 4 is 45.3 Å². The number of piperazine rings is 1. The molecule has 0 radical (unpaired) electrons. The van der Waals surface area contributed by atoms with E-state index >= 15 is 0 Å². The molecule has 2 aromatic heterocycles. The lowest BCUT2D eigenvalue weighted by Gasteiger charge is -2.35. The Bertz CT molecular complexity index is 2350. The van der Waals surface area contributed by atoms with E-state index in [1.807, 2.05) is 88.5 Å². The van der Waals surface area contributed by atoms with E-state index in [-0.39, 0.29) is 24.1 Å². The average Bonchev–Trinajstić information content (AvgIpc) is 3.85. The third-order valence-corrected chi connectivity index (χ3v) is 12.3. The van der Waals surface area contributed by atoms with Crippen molar-refractivity contribution in [3.05, 3.63) is 82.3 Å². The number of rotatable bonds is 14. The molecule has 2 atom stereocenters. The Labute approximate surface area is 354 Å². The van der Waals surface area contributed by atoms with Crippen molar-refractivity contribution in [3.63, 3.8) is 0 Å². The van der Waals surface area contributed by atoms with E-state index < -0.39 is 11.2 Å². The molecule has 3 heterocycles. The second-order valence-corrected chi connectivity index (χ2v) is 19.0. The zero-order chi connectivity index (χ0) is 42.4. The second-order valence-electron chi connectivity index (χ2n) is 18.6. The van der Waals surface area contributed by atoms with E-state index in [4.69, 9.17) is 30.9 Å². The number of ether oxygens (including phenoxy) is 3. The van der Waals surface area contributed by atoms with Crippen LogP contribution < -0.4 is 4.74 Å². The summed E-state index contributed by atoms with van der Waals surface area (Å²) in [6.07, 6.45) is 3.62. The number of hydrogen-bond donors (Lipinski definition) is 0. The van der Waals surface area contributed by atoms with Gasteiger partial charge in [0.05, 0.1) is 28.9 Å². The molecule has 1 amide bonds. The largest absolute Gasteiger partial charge is 0.493 e. The van der Waals surface area contributed by atoms with E-state index in [2.05, 4.69) is 54.5 Å². The lowest BCUT2D eigenvalue weighted by atomic mass is 9.96. The predicted octanol–water partition coefficient (Wildman–Crippen LogP) is 10.5. The van der Waals surface area contributed by atoms with Crippen molar-refractivity contribution in [1.82, 2.24) is 24.1 Å². The molecule has 0 bridgehead atoms. The summed E-state index contributed by atoms with van der Waals surface area (Å²) in [6.45, 7) is 21.2. The highest BCUT2D eigenvalue weighted by Crippen LogP contribution is 2.43. The normalized spacial score (nSPS) is 17.2. The highest BCUT2D eigenvalue weighted by atomic mass is 35.5. The van der Waals surface area contributed by atoms with Crippen LogP contribution in [0.5, 0.6) is 5.75 Å².